The van der Waals surface area contributed by atoms with Gasteiger partial charge in [0.1, 0.15) is 11.5 Å². The molecule has 3 rings (SSSR count). The molecule has 2 aromatic rings. The SMILES string of the molecule is CCCn1nc(C(=O)N2CCN(c3cnccn3)CC2)ccc1=O. The molecule has 0 unspecified atom stereocenters. The van der Waals surface area contributed by atoms with E-state index >= 15 is 0 Å². The van der Waals surface area contributed by atoms with Crippen molar-refractivity contribution < 1.29 is 4.79 Å². The monoisotopic (exact) mass is 328 g/mol. The van der Waals surface area contributed by atoms with Crippen LogP contribution in [0, 0.1) is 0 Å². The van der Waals surface area contributed by atoms with Crippen LogP contribution in [-0.2, 0) is 6.54 Å². The number of carbonyl (C=O) groups is 1. The lowest BCUT2D eigenvalue weighted by Gasteiger charge is -2.35. The maximum absolute atomic E-state index is 12.6. The maximum Gasteiger partial charge on any atom is 0.274 e. The summed E-state index contributed by atoms with van der Waals surface area (Å²) in [6.45, 7) is 5.04. The van der Waals surface area contributed by atoms with Crippen LogP contribution in [0.2, 0.25) is 0 Å². The Labute approximate surface area is 139 Å². The zero-order chi connectivity index (χ0) is 16.9. The normalized spacial score (nSPS) is 14.7. The summed E-state index contributed by atoms with van der Waals surface area (Å²) in [7, 11) is 0. The minimum absolute atomic E-state index is 0.140. The molecule has 2 aromatic heterocycles. The first kappa shape index (κ1) is 16.1. The van der Waals surface area contributed by atoms with Crippen molar-refractivity contribution in [2.24, 2.45) is 0 Å². The highest BCUT2D eigenvalue weighted by molar-refractivity contribution is 5.92. The average molecular weight is 328 g/mol. The van der Waals surface area contributed by atoms with Crippen molar-refractivity contribution >= 4 is 11.7 Å². The van der Waals surface area contributed by atoms with Crippen LogP contribution in [0.1, 0.15) is 23.8 Å². The van der Waals surface area contributed by atoms with Crippen molar-refractivity contribution in [2.75, 3.05) is 31.1 Å². The molecule has 1 aliphatic heterocycles. The highest BCUT2D eigenvalue weighted by Crippen LogP contribution is 2.12. The van der Waals surface area contributed by atoms with Crippen LogP contribution in [0.25, 0.3) is 0 Å². The van der Waals surface area contributed by atoms with Gasteiger partial charge in [-0.15, -0.1) is 0 Å². The predicted molar refractivity (Wildman–Crippen MR) is 88.9 cm³/mol. The molecule has 0 spiro atoms. The lowest BCUT2D eigenvalue weighted by molar-refractivity contribution is 0.0737. The molecule has 8 nitrogen and oxygen atoms in total. The maximum atomic E-state index is 12.6. The van der Waals surface area contributed by atoms with E-state index in [-0.39, 0.29) is 11.5 Å². The van der Waals surface area contributed by atoms with E-state index in [1.807, 2.05) is 6.92 Å². The molecule has 0 aliphatic carbocycles. The molecule has 0 N–H and O–H groups in total. The van der Waals surface area contributed by atoms with Gasteiger partial charge in [0.15, 0.2) is 0 Å². The fourth-order valence-corrected chi connectivity index (χ4v) is 2.69. The molecular weight excluding hydrogens is 308 g/mol. The van der Waals surface area contributed by atoms with Crippen LogP contribution < -0.4 is 10.5 Å². The molecule has 1 aliphatic rings. The number of aromatic nitrogens is 4. The van der Waals surface area contributed by atoms with Crippen LogP contribution in [0.3, 0.4) is 0 Å². The van der Waals surface area contributed by atoms with Crippen LogP contribution in [0.4, 0.5) is 5.82 Å². The number of amides is 1. The van der Waals surface area contributed by atoms with Crippen molar-refractivity contribution in [1.82, 2.24) is 24.6 Å². The van der Waals surface area contributed by atoms with Crippen molar-refractivity contribution in [3.05, 3.63) is 46.8 Å². The molecule has 0 saturated carbocycles. The number of nitrogens with zero attached hydrogens (tertiary/aromatic N) is 6. The van der Waals surface area contributed by atoms with Gasteiger partial charge in [-0.3, -0.25) is 14.6 Å². The third kappa shape index (κ3) is 3.42. The van der Waals surface area contributed by atoms with Gasteiger partial charge in [-0.25, -0.2) is 9.67 Å². The first-order valence-electron chi connectivity index (χ1n) is 8.07. The number of piperazine rings is 1. The average Bonchev–Trinajstić information content (AvgIpc) is 2.64. The van der Waals surface area contributed by atoms with Crippen LogP contribution in [0.5, 0.6) is 0 Å². The van der Waals surface area contributed by atoms with Crippen molar-refractivity contribution in [3.8, 4) is 0 Å². The third-order valence-electron chi connectivity index (χ3n) is 3.96. The Hall–Kier alpha value is -2.77. The minimum atomic E-state index is -0.180. The first-order chi connectivity index (χ1) is 11.7. The van der Waals surface area contributed by atoms with E-state index in [4.69, 9.17) is 0 Å². The molecule has 1 fully saturated rings. The van der Waals surface area contributed by atoms with Gasteiger partial charge < -0.3 is 9.80 Å². The predicted octanol–water partition coefficient (Wildman–Crippen LogP) is 0.406. The number of carbonyl (C=O) groups excluding carboxylic acids is 1. The third-order valence-corrected chi connectivity index (χ3v) is 3.96. The Morgan fingerprint density at radius 3 is 2.62 bits per heavy atom. The summed E-state index contributed by atoms with van der Waals surface area (Å²) in [6, 6.07) is 2.91. The Kier molecular flexibility index (Phi) is 4.83. The van der Waals surface area contributed by atoms with Crippen molar-refractivity contribution in [1.29, 1.82) is 0 Å². The minimum Gasteiger partial charge on any atom is -0.352 e. The van der Waals surface area contributed by atoms with E-state index in [0.29, 0.717) is 38.4 Å². The zero-order valence-corrected chi connectivity index (χ0v) is 13.6. The summed E-state index contributed by atoms with van der Waals surface area (Å²) in [5.74, 6) is 0.679. The Morgan fingerprint density at radius 1 is 1.17 bits per heavy atom. The first-order valence-corrected chi connectivity index (χ1v) is 8.07. The van der Waals surface area contributed by atoms with Crippen molar-refractivity contribution in [2.45, 2.75) is 19.9 Å². The van der Waals surface area contributed by atoms with Gasteiger partial charge in [-0.05, 0) is 12.5 Å². The van der Waals surface area contributed by atoms with Gasteiger partial charge >= 0.3 is 0 Å². The summed E-state index contributed by atoms with van der Waals surface area (Å²) in [5.41, 5.74) is 0.136. The lowest BCUT2D eigenvalue weighted by Crippen LogP contribution is -2.49. The van der Waals surface area contributed by atoms with E-state index in [1.165, 1.54) is 16.8 Å². The van der Waals surface area contributed by atoms with E-state index in [1.54, 1.807) is 23.5 Å². The zero-order valence-electron chi connectivity index (χ0n) is 13.6. The molecule has 24 heavy (non-hydrogen) atoms. The van der Waals surface area contributed by atoms with Crippen molar-refractivity contribution in [3.63, 3.8) is 0 Å². The summed E-state index contributed by atoms with van der Waals surface area (Å²) in [4.78, 5) is 36.5. The van der Waals surface area contributed by atoms with Gasteiger partial charge in [-0.1, -0.05) is 6.92 Å². The van der Waals surface area contributed by atoms with Crippen LogP contribution >= 0.6 is 0 Å². The number of aryl methyl sites for hydroxylation is 1. The Bertz CT molecular complexity index is 753. The Morgan fingerprint density at radius 2 is 1.96 bits per heavy atom. The van der Waals surface area contributed by atoms with Gasteiger partial charge in [0, 0.05) is 51.2 Å². The quantitative estimate of drug-likeness (QED) is 0.808. The number of rotatable bonds is 4. The second kappa shape index (κ2) is 7.20. The van der Waals surface area contributed by atoms with E-state index in [0.717, 1.165) is 12.2 Å². The lowest BCUT2D eigenvalue weighted by atomic mass is 10.2. The molecule has 3 heterocycles. The van der Waals surface area contributed by atoms with Crippen LogP contribution in [0.15, 0.2) is 35.5 Å². The molecule has 126 valence electrons. The molecule has 0 atom stereocenters. The molecule has 0 aromatic carbocycles. The summed E-state index contributed by atoms with van der Waals surface area (Å²) < 4.78 is 1.35. The number of hydrogen-bond donors (Lipinski definition) is 0. The topological polar surface area (TPSA) is 84.2 Å². The molecule has 1 saturated heterocycles. The summed E-state index contributed by atoms with van der Waals surface area (Å²) in [6.07, 6.45) is 5.81. The van der Waals surface area contributed by atoms with Gasteiger partial charge in [0.05, 0.1) is 6.20 Å². The van der Waals surface area contributed by atoms with Crippen LogP contribution in [-0.4, -0.2) is 56.7 Å². The molecular formula is C16H20N6O2. The number of hydrogen-bond acceptors (Lipinski definition) is 6. The molecule has 8 heteroatoms. The number of anilines is 1. The fraction of sp³-hybridized carbons (Fsp3) is 0.438. The van der Waals surface area contributed by atoms with Gasteiger partial charge in [0.2, 0.25) is 0 Å². The van der Waals surface area contributed by atoms with E-state index < -0.39 is 0 Å². The molecule has 0 bridgehead atoms. The van der Waals surface area contributed by atoms with Gasteiger partial charge in [0.25, 0.3) is 11.5 Å². The summed E-state index contributed by atoms with van der Waals surface area (Å²) in [5, 5.41) is 4.19. The van der Waals surface area contributed by atoms with E-state index in [9.17, 15) is 9.59 Å². The summed E-state index contributed by atoms with van der Waals surface area (Å²) >= 11 is 0. The van der Waals surface area contributed by atoms with E-state index in [2.05, 4.69) is 20.0 Å². The Balaban J connectivity index is 1.67. The second-order valence-electron chi connectivity index (χ2n) is 5.62. The highest BCUT2D eigenvalue weighted by atomic mass is 16.2. The highest BCUT2D eigenvalue weighted by Gasteiger charge is 2.24. The standard InChI is InChI=1S/C16H20N6O2/c1-2-7-22-15(23)4-3-13(19-22)16(24)21-10-8-20(9-11-21)14-12-17-5-6-18-14/h3-6,12H,2,7-11H2,1H3. The fourth-order valence-electron chi connectivity index (χ4n) is 2.69. The van der Waals surface area contributed by atoms with Gasteiger partial charge in [-0.2, -0.15) is 5.10 Å². The smallest absolute Gasteiger partial charge is 0.274 e. The molecule has 1 amide bonds. The largest absolute Gasteiger partial charge is 0.352 e. The second-order valence-corrected chi connectivity index (χ2v) is 5.62. The molecule has 0 radical (unpaired) electrons.